The highest BCUT2D eigenvalue weighted by molar-refractivity contribution is 7.23. The largest absolute Gasteiger partial charge is 0.382 e. The van der Waals surface area contributed by atoms with Crippen LogP contribution in [0.5, 0.6) is 0 Å². The molecule has 0 fully saturated rings. The Morgan fingerprint density at radius 3 is 2.54 bits per heavy atom. The number of anilines is 4. The number of nitrogens with one attached hydrogen (secondary N) is 1. The normalized spacial score (nSPS) is 11.0. The van der Waals surface area contributed by atoms with Crippen molar-refractivity contribution in [2.45, 2.75) is 6.92 Å². The van der Waals surface area contributed by atoms with E-state index in [1.54, 1.807) is 0 Å². The summed E-state index contributed by atoms with van der Waals surface area (Å²) < 4.78 is 1.07. The number of carbonyl (C=O) groups excluding carboxylic acids is 1. The fraction of sp³-hybridized carbons (Fsp3) is 0.143. The van der Waals surface area contributed by atoms with E-state index in [0.29, 0.717) is 5.82 Å². The maximum absolute atomic E-state index is 11.3. The van der Waals surface area contributed by atoms with Crippen molar-refractivity contribution >= 4 is 61.4 Å². The van der Waals surface area contributed by atoms with Crippen LogP contribution < -0.4 is 16.0 Å². The Kier molecular flexibility index (Phi) is 4.78. The molecule has 7 heteroatoms. The topological polar surface area (TPSA) is 71.2 Å². The summed E-state index contributed by atoms with van der Waals surface area (Å²) in [6.45, 7) is 1.98. The van der Waals surface area contributed by atoms with Crippen LogP contribution in [0, 0.1) is 6.92 Å². The van der Waals surface area contributed by atoms with Gasteiger partial charge in [-0.1, -0.05) is 29.5 Å². The Morgan fingerprint density at radius 2 is 1.86 bits per heavy atom. The number of thiazole rings is 1. The van der Waals surface area contributed by atoms with Crippen LogP contribution >= 0.6 is 22.7 Å². The highest BCUT2D eigenvalue weighted by Gasteiger charge is 2.17. The van der Waals surface area contributed by atoms with Gasteiger partial charge < -0.3 is 16.0 Å². The van der Waals surface area contributed by atoms with Gasteiger partial charge in [0.15, 0.2) is 11.4 Å². The summed E-state index contributed by atoms with van der Waals surface area (Å²) in [6.07, 6.45) is 0.921. The number of benzene rings is 2. The molecule has 0 amide bonds. The maximum Gasteiger partial charge on any atom is 0.189 e. The lowest BCUT2D eigenvalue weighted by Crippen LogP contribution is -2.08. The lowest BCUT2D eigenvalue weighted by atomic mass is 10.1. The van der Waals surface area contributed by atoms with Gasteiger partial charge in [0.2, 0.25) is 0 Å². The summed E-state index contributed by atoms with van der Waals surface area (Å²) in [5.41, 5.74) is 10.4. The van der Waals surface area contributed by atoms with Gasteiger partial charge in [-0.05, 0) is 42.1 Å². The molecular weight excluding hydrogens is 388 g/mol. The van der Waals surface area contributed by atoms with Crippen LogP contribution in [0.25, 0.3) is 20.5 Å². The molecule has 0 spiro atoms. The average molecular weight is 409 g/mol. The molecule has 4 rings (SSSR count). The summed E-state index contributed by atoms with van der Waals surface area (Å²) in [4.78, 5) is 19.6. The number of aldehydes is 1. The van der Waals surface area contributed by atoms with Crippen LogP contribution in [0.1, 0.15) is 15.2 Å². The summed E-state index contributed by atoms with van der Waals surface area (Å²) in [7, 11) is 4.03. The number of fused-ring (bicyclic) bond motifs is 1. The Morgan fingerprint density at radius 1 is 1.11 bits per heavy atom. The first-order valence-corrected chi connectivity index (χ1v) is 10.4. The number of aromatic nitrogens is 1. The number of nitrogens with two attached hydrogens (primary N) is 1. The van der Waals surface area contributed by atoms with E-state index in [1.165, 1.54) is 22.7 Å². The number of hydrogen-bond donors (Lipinski definition) is 2. The van der Waals surface area contributed by atoms with Crippen molar-refractivity contribution < 1.29 is 4.79 Å². The van der Waals surface area contributed by atoms with Gasteiger partial charge in [0.05, 0.1) is 9.75 Å². The molecule has 0 bridgehead atoms. The second kappa shape index (κ2) is 7.26. The van der Waals surface area contributed by atoms with Crippen molar-refractivity contribution in [3.63, 3.8) is 0 Å². The predicted octanol–water partition coefficient (Wildman–Crippen LogP) is 5.54. The van der Waals surface area contributed by atoms with Crippen molar-refractivity contribution in [3.05, 3.63) is 52.9 Å². The maximum atomic E-state index is 11.3. The smallest absolute Gasteiger partial charge is 0.189 e. The number of carbonyl (C=O) groups is 1. The number of rotatable bonds is 5. The molecule has 0 unspecified atom stereocenters. The van der Waals surface area contributed by atoms with Gasteiger partial charge in [-0.15, -0.1) is 11.3 Å². The third kappa shape index (κ3) is 3.23. The number of nitrogens with zero attached hydrogens (tertiary/aromatic N) is 2. The van der Waals surface area contributed by atoms with E-state index in [1.807, 2.05) is 51.4 Å². The van der Waals surface area contributed by atoms with Gasteiger partial charge in [-0.25, -0.2) is 4.98 Å². The van der Waals surface area contributed by atoms with E-state index in [0.717, 1.165) is 53.8 Å². The Hall–Kier alpha value is -2.90. The molecule has 0 radical (unpaired) electrons. The lowest BCUT2D eigenvalue weighted by Gasteiger charge is -2.12. The molecule has 2 heterocycles. The lowest BCUT2D eigenvalue weighted by molar-refractivity contribution is 0.112. The number of aryl methyl sites for hydroxylation is 1. The standard InChI is InChI=1S/C21H20N4OS2/c1-12-15-5-4-6-16(18(15)27-17(12)11-26)19-20(22)24-21(28-19)23-13-7-9-14(10-8-13)25(2)3/h4-11H,22H2,1-3H3,(H,23,24). The SMILES string of the molecule is Cc1c(C=O)sc2c(-c3sc(Nc4ccc(N(C)C)cc4)nc3N)cccc12. The molecular formula is C21H20N4OS2. The first-order valence-electron chi connectivity index (χ1n) is 8.76. The number of thiophene rings is 1. The van der Waals surface area contributed by atoms with Crippen molar-refractivity contribution in [3.8, 4) is 10.4 Å². The second-order valence-electron chi connectivity index (χ2n) is 6.69. The van der Waals surface area contributed by atoms with Crippen molar-refractivity contribution in [1.82, 2.24) is 4.98 Å². The van der Waals surface area contributed by atoms with E-state index in [-0.39, 0.29) is 0 Å². The molecule has 0 aliphatic carbocycles. The highest BCUT2D eigenvalue weighted by atomic mass is 32.1. The van der Waals surface area contributed by atoms with Gasteiger partial charge in [-0.3, -0.25) is 4.79 Å². The van der Waals surface area contributed by atoms with E-state index in [2.05, 4.69) is 27.3 Å². The molecule has 0 atom stereocenters. The van der Waals surface area contributed by atoms with Crippen molar-refractivity contribution in [2.75, 3.05) is 30.0 Å². The summed E-state index contributed by atoms with van der Waals surface area (Å²) in [6, 6.07) is 14.2. The molecule has 2 aromatic heterocycles. The molecule has 0 saturated carbocycles. The molecule has 28 heavy (non-hydrogen) atoms. The number of nitrogen functional groups attached to an aromatic ring is 1. The zero-order valence-corrected chi connectivity index (χ0v) is 17.4. The molecule has 0 aliphatic heterocycles. The molecule has 4 aromatic rings. The van der Waals surface area contributed by atoms with Crippen LogP contribution in [-0.2, 0) is 0 Å². The van der Waals surface area contributed by atoms with E-state index >= 15 is 0 Å². The fourth-order valence-electron chi connectivity index (χ4n) is 3.10. The monoisotopic (exact) mass is 408 g/mol. The molecule has 0 aliphatic rings. The van der Waals surface area contributed by atoms with Crippen LogP contribution in [-0.4, -0.2) is 25.4 Å². The molecule has 0 saturated heterocycles. The minimum Gasteiger partial charge on any atom is -0.382 e. The van der Waals surface area contributed by atoms with Gasteiger partial charge >= 0.3 is 0 Å². The quantitative estimate of drug-likeness (QED) is 0.424. The Labute approximate surface area is 171 Å². The highest BCUT2D eigenvalue weighted by Crippen LogP contribution is 2.43. The van der Waals surface area contributed by atoms with Crippen molar-refractivity contribution in [1.29, 1.82) is 0 Å². The zero-order chi connectivity index (χ0) is 19.8. The number of hydrogen-bond acceptors (Lipinski definition) is 7. The first-order chi connectivity index (χ1) is 13.5. The van der Waals surface area contributed by atoms with Crippen LogP contribution in [0.2, 0.25) is 0 Å². The van der Waals surface area contributed by atoms with Gasteiger partial charge in [0.25, 0.3) is 0 Å². The molecule has 5 nitrogen and oxygen atoms in total. The average Bonchev–Trinajstić information content (AvgIpc) is 3.21. The predicted molar refractivity (Wildman–Crippen MR) is 122 cm³/mol. The first kappa shape index (κ1) is 18.5. The van der Waals surface area contributed by atoms with E-state index < -0.39 is 0 Å². The van der Waals surface area contributed by atoms with E-state index in [4.69, 9.17) is 5.73 Å². The minimum atomic E-state index is 0.489. The molecule has 2 aromatic carbocycles. The van der Waals surface area contributed by atoms with Gasteiger partial charge in [-0.2, -0.15) is 0 Å². The third-order valence-electron chi connectivity index (χ3n) is 4.64. The molecule has 142 valence electrons. The minimum absolute atomic E-state index is 0.489. The zero-order valence-electron chi connectivity index (χ0n) is 15.8. The van der Waals surface area contributed by atoms with Crippen LogP contribution in [0.15, 0.2) is 42.5 Å². The van der Waals surface area contributed by atoms with Gasteiger partial charge in [0, 0.05) is 35.7 Å². The Balaban J connectivity index is 1.70. The summed E-state index contributed by atoms with van der Waals surface area (Å²) >= 11 is 3.02. The summed E-state index contributed by atoms with van der Waals surface area (Å²) in [5.74, 6) is 0.489. The second-order valence-corrected chi connectivity index (χ2v) is 8.74. The third-order valence-corrected chi connectivity index (χ3v) is 6.93. The van der Waals surface area contributed by atoms with Crippen LogP contribution in [0.4, 0.5) is 22.3 Å². The van der Waals surface area contributed by atoms with Gasteiger partial charge in [0.1, 0.15) is 5.82 Å². The summed E-state index contributed by atoms with van der Waals surface area (Å²) in [5, 5.41) is 5.16. The van der Waals surface area contributed by atoms with Crippen LogP contribution in [0.3, 0.4) is 0 Å². The molecule has 3 N–H and O–H groups in total. The van der Waals surface area contributed by atoms with Crippen molar-refractivity contribution in [2.24, 2.45) is 0 Å². The van der Waals surface area contributed by atoms with E-state index in [9.17, 15) is 4.79 Å². The Bertz CT molecular complexity index is 1160. The fourth-order valence-corrected chi connectivity index (χ4v) is 5.24.